The van der Waals surface area contributed by atoms with Crippen LogP contribution in [0.15, 0.2) is 12.7 Å². The minimum atomic E-state index is -0.725. The van der Waals surface area contributed by atoms with Crippen LogP contribution in [0, 0.1) is 28.1 Å². The summed E-state index contributed by atoms with van der Waals surface area (Å²) < 4.78 is 0. The number of hydrogen-bond donors (Lipinski definition) is 0. The van der Waals surface area contributed by atoms with Crippen molar-refractivity contribution < 1.29 is 0 Å². The van der Waals surface area contributed by atoms with E-state index in [2.05, 4.69) is 23.6 Å². The van der Waals surface area contributed by atoms with Crippen molar-refractivity contribution in [2.75, 3.05) is 19.6 Å². The van der Waals surface area contributed by atoms with Crippen LogP contribution in [-0.4, -0.2) is 24.5 Å². The van der Waals surface area contributed by atoms with Crippen molar-refractivity contribution in [2.24, 2.45) is 5.41 Å². The normalized spacial score (nSPS) is 21.4. The first-order valence-electron chi connectivity index (χ1n) is 4.42. The summed E-state index contributed by atoms with van der Waals surface area (Å²) in [5.74, 6) is 0. The number of piperidine rings is 1. The Kier molecular flexibility index (Phi) is 3.06. The van der Waals surface area contributed by atoms with Gasteiger partial charge in [0.1, 0.15) is 5.41 Å². The minimum absolute atomic E-state index is 0.661. The number of nitriles is 2. The van der Waals surface area contributed by atoms with Crippen molar-refractivity contribution in [1.29, 1.82) is 10.5 Å². The molecule has 1 aliphatic rings. The standard InChI is InChI=1S/C10H13N3/c1-2-5-13-6-3-10(8-11,9-12)4-7-13/h2H,1,3-7H2. The Morgan fingerprint density at radius 3 is 2.23 bits per heavy atom. The summed E-state index contributed by atoms with van der Waals surface area (Å²) in [6.45, 7) is 6.17. The fraction of sp³-hybridized carbons (Fsp3) is 0.600. The molecule has 0 radical (unpaired) electrons. The van der Waals surface area contributed by atoms with Gasteiger partial charge in [-0.2, -0.15) is 10.5 Å². The average molecular weight is 175 g/mol. The van der Waals surface area contributed by atoms with Gasteiger partial charge in [-0.05, 0) is 12.8 Å². The Hall–Kier alpha value is -1.32. The zero-order valence-electron chi connectivity index (χ0n) is 7.66. The van der Waals surface area contributed by atoms with Crippen molar-refractivity contribution in [3.8, 4) is 12.1 Å². The second kappa shape index (κ2) is 4.07. The third kappa shape index (κ3) is 2.08. The molecule has 68 valence electrons. The van der Waals surface area contributed by atoms with Gasteiger partial charge in [-0.3, -0.25) is 4.90 Å². The third-order valence-corrected chi connectivity index (χ3v) is 2.52. The molecule has 1 aliphatic heterocycles. The molecule has 3 heteroatoms. The van der Waals surface area contributed by atoms with E-state index in [0.29, 0.717) is 12.8 Å². The van der Waals surface area contributed by atoms with Crippen LogP contribution in [0.3, 0.4) is 0 Å². The van der Waals surface area contributed by atoms with Crippen LogP contribution < -0.4 is 0 Å². The zero-order valence-corrected chi connectivity index (χ0v) is 7.66. The van der Waals surface area contributed by atoms with Crippen LogP contribution in [-0.2, 0) is 0 Å². The Balaban J connectivity index is 2.52. The van der Waals surface area contributed by atoms with Crippen molar-refractivity contribution >= 4 is 0 Å². The molecule has 0 saturated carbocycles. The lowest BCUT2D eigenvalue weighted by Gasteiger charge is -2.32. The molecule has 0 bridgehead atoms. The second-order valence-corrected chi connectivity index (χ2v) is 3.39. The van der Waals surface area contributed by atoms with E-state index in [4.69, 9.17) is 10.5 Å². The predicted molar refractivity (Wildman–Crippen MR) is 49.5 cm³/mol. The van der Waals surface area contributed by atoms with Crippen LogP contribution in [0.25, 0.3) is 0 Å². The van der Waals surface area contributed by atoms with Gasteiger partial charge >= 0.3 is 0 Å². The highest BCUT2D eigenvalue weighted by Gasteiger charge is 2.34. The molecule has 1 saturated heterocycles. The second-order valence-electron chi connectivity index (χ2n) is 3.39. The molecule has 0 N–H and O–H groups in total. The SMILES string of the molecule is C=CCN1CCC(C#N)(C#N)CC1. The summed E-state index contributed by atoms with van der Waals surface area (Å²) in [7, 11) is 0. The predicted octanol–water partition coefficient (Wildman–Crippen LogP) is 1.30. The smallest absolute Gasteiger partial charge is 0.146 e. The monoisotopic (exact) mass is 175 g/mol. The van der Waals surface area contributed by atoms with Gasteiger partial charge in [-0.25, -0.2) is 0 Å². The van der Waals surface area contributed by atoms with Crippen molar-refractivity contribution in [3.05, 3.63) is 12.7 Å². The van der Waals surface area contributed by atoms with Crippen molar-refractivity contribution in [2.45, 2.75) is 12.8 Å². The summed E-state index contributed by atoms with van der Waals surface area (Å²) >= 11 is 0. The van der Waals surface area contributed by atoms with Gasteiger partial charge in [-0.15, -0.1) is 6.58 Å². The molecule has 0 aromatic rings. The van der Waals surface area contributed by atoms with E-state index in [1.54, 1.807) is 0 Å². The van der Waals surface area contributed by atoms with E-state index in [1.807, 2.05) is 6.08 Å². The molecule has 1 fully saturated rings. The van der Waals surface area contributed by atoms with Crippen LogP contribution in [0.2, 0.25) is 0 Å². The molecule has 1 heterocycles. The molecule has 0 aliphatic carbocycles. The number of rotatable bonds is 2. The van der Waals surface area contributed by atoms with E-state index in [-0.39, 0.29) is 0 Å². The summed E-state index contributed by atoms with van der Waals surface area (Å²) in [6.07, 6.45) is 3.17. The Morgan fingerprint density at radius 2 is 1.85 bits per heavy atom. The molecule has 1 rings (SSSR count). The van der Waals surface area contributed by atoms with Gasteiger partial charge in [0.2, 0.25) is 0 Å². The maximum absolute atomic E-state index is 8.85. The van der Waals surface area contributed by atoms with Crippen LogP contribution >= 0.6 is 0 Å². The minimum Gasteiger partial charge on any atom is -0.300 e. The number of hydrogen-bond acceptors (Lipinski definition) is 3. The molecular weight excluding hydrogens is 162 g/mol. The molecule has 0 aromatic carbocycles. The largest absolute Gasteiger partial charge is 0.300 e. The van der Waals surface area contributed by atoms with E-state index >= 15 is 0 Å². The summed E-state index contributed by atoms with van der Waals surface area (Å²) in [5.41, 5.74) is -0.725. The van der Waals surface area contributed by atoms with Gasteiger partial charge in [0.15, 0.2) is 0 Å². The lowest BCUT2D eigenvalue weighted by atomic mass is 9.81. The summed E-state index contributed by atoms with van der Waals surface area (Å²) in [5, 5.41) is 17.7. The van der Waals surface area contributed by atoms with E-state index in [9.17, 15) is 0 Å². The average Bonchev–Trinajstić information content (AvgIpc) is 2.20. The fourth-order valence-corrected chi connectivity index (χ4v) is 1.55. The van der Waals surface area contributed by atoms with Crippen LogP contribution in [0.5, 0.6) is 0 Å². The highest BCUT2D eigenvalue weighted by atomic mass is 15.1. The Morgan fingerprint density at radius 1 is 1.31 bits per heavy atom. The lowest BCUT2D eigenvalue weighted by Crippen LogP contribution is -2.38. The molecule has 13 heavy (non-hydrogen) atoms. The molecule has 0 spiro atoms. The number of likely N-dealkylation sites (tertiary alicyclic amines) is 1. The molecule has 0 unspecified atom stereocenters. The Bertz CT molecular complexity index is 245. The lowest BCUT2D eigenvalue weighted by molar-refractivity contribution is 0.192. The first-order valence-corrected chi connectivity index (χ1v) is 4.42. The van der Waals surface area contributed by atoms with Crippen LogP contribution in [0.1, 0.15) is 12.8 Å². The zero-order chi connectivity index (χ0) is 9.73. The third-order valence-electron chi connectivity index (χ3n) is 2.52. The maximum atomic E-state index is 8.85. The first-order chi connectivity index (χ1) is 6.26. The fourth-order valence-electron chi connectivity index (χ4n) is 1.55. The van der Waals surface area contributed by atoms with E-state index < -0.39 is 5.41 Å². The van der Waals surface area contributed by atoms with E-state index in [0.717, 1.165) is 19.6 Å². The molecule has 0 aromatic heterocycles. The quantitative estimate of drug-likeness (QED) is 0.594. The highest BCUT2D eigenvalue weighted by molar-refractivity contribution is 5.15. The highest BCUT2D eigenvalue weighted by Crippen LogP contribution is 2.29. The van der Waals surface area contributed by atoms with Crippen LogP contribution in [0.4, 0.5) is 0 Å². The van der Waals surface area contributed by atoms with Gasteiger partial charge in [0.05, 0.1) is 12.1 Å². The first kappa shape index (κ1) is 9.77. The van der Waals surface area contributed by atoms with E-state index in [1.165, 1.54) is 0 Å². The van der Waals surface area contributed by atoms with Gasteiger partial charge in [-0.1, -0.05) is 6.08 Å². The molecular formula is C10H13N3. The topological polar surface area (TPSA) is 50.8 Å². The maximum Gasteiger partial charge on any atom is 0.146 e. The molecule has 3 nitrogen and oxygen atoms in total. The van der Waals surface area contributed by atoms with Gasteiger partial charge in [0.25, 0.3) is 0 Å². The van der Waals surface area contributed by atoms with Gasteiger partial charge < -0.3 is 0 Å². The molecule has 0 atom stereocenters. The molecule has 0 amide bonds. The Labute approximate surface area is 78.9 Å². The van der Waals surface area contributed by atoms with Gasteiger partial charge in [0, 0.05) is 19.6 Å². The summed E-state index contributed by atoms with van der Waals surface area (Å²) in [4.78, 5) is 2.21. The van der Waals surface area contributed by atoms with Crippen molar-refractivity contribution in [3.63, 3.8) is 0 Å². The van der Waals surface area contributed by atoms with Crippen molar-refractivity contribution in [1.82, 2.24) is 4.90 Å². The summed E-state index contributed by atoms with van der Waals surface area (Å²) in [6, 6.07) is 4.23. The number of nitrogens with zero attached hydrogens (tertiary/aromatic N) is 3.